The number of aromatic nitrogens is 2. The van der Waals surface area contributed by atoms with Crippen LogP contribution in [-0.2, 0) is 17.6 Å². The molecule has 1 N–H and O–H groups in total. The Labute approximate surface area is 233 Å². The molecule has 0 atom stereocenters. The van der Waals surface area contributed by atoms with Crippen LogP contribution in [0.25, 0.3) is 28.0 Å². The number of carbonyl (C=O) groups excluding carboxylic acids is 1. The molecule has 2 aromatic heterocycles. The third-order valence-electron chi connectivity index (χ3n) is 6.72. The zero-order valence-electron chi connectivity index (χ0n) is 22.0. The van der Waals surface area contributed by atoms with Gasteiger partial charge in [-0.05, 0) is 54.3 Å². The number of nitrogens with zero attached hydrogens (tertiary/aromatic N) is 2. The summed E-state index contributed by atoms with van der Waals surface area (Å²) in [5.74, 6) is 1.36. The van der Waals surface area contributed by atoms with Crippen molar-refractivity contribution in [1.29, 1.82) is 0 Å². The van der Waals surface area contributed by atoms with Gasteiger partial charge in [-0.3, -0.25) is 4.79 Å². The highest BCUT2D eigenvalue weighted by atomic mass is 35.5. The van der Waals surface area contributed by atoms with E-state index in [1.165, 1.54) is 0 Å². The fourth-order valence-electron chi connectivity index (χ4n) is 4.72. The summed E-state index contributed by atoms with van der Waals surface area (Å²) in [6.07, 6.45) is 3.63. The number of hydrogen-bond donors (Lipinski definition) is 1. The Kier molecular flexibility index (Phi) is 8.13. The summed E-state index contributed by atoms with van der Waals surface area (Å²) in [7, 11) is 3.23. The summed E-state index contributed by atoms with van der Waals surface area (Å²) < 4.78 is 12.8. The van der Waals surface area contributed by atoms with Gasteiger partial charge in [-0.25, -0.2) is 4.98 Å². The SMILES string of the molecule is COc1ccc(CCNC(=O)CCc2c(-c3ccccc3)nc3ccc(-c4ccccc4Cl)cn23)cc1OC. The van der Waals surface area contributed by atoms with Crippen molar-refractivity contribution in [1.82, 2.24) is 14.7 Å². The summed E-state index contributed by atoms with van der Waals surface area (Å²) in [6.45, 7) is 0.531. The molecule has 3 aromatic carbocycles. The molecule has 1 amide bonds. The van der Waals surface area contributed by atoms with E-state index in [1.807, 2.05) is 84.9 Å². The minimum atomic E-state index is -0.00769. The van der Waals surface area contributed by atoms with Crippen LogP contribution < -0.4 is 14.8 Å². The predicted octanol–water partition coefficient (Wildman–Crippen LogP) is 6.63. The van der Waals surface area contributed by atoms with Crippen LogP contribution in [0.2, 0.25) is 5.02 Å². The maximum absolute atomic E-state index is 12.9. The van der Waals surface area contributed by atoms with Gasteiger partial charge in [0.15, 0.2) is 11.5 Å². The van der Waals surface area contributed by atoms with Crippen molar-refractivity contribution >= 4 is 23.2 Å². The van der Waals surface area contributed by atoms with Crippen LogP contribution in [0.5, 0.6) is 11.5 Å². The largest absolute Gasteiger partial charge is 0.493 e. The van der Waals surface area contributed by atoms with Crippen molar-refractivity contribution in [2.24, 2.45) is 0 Å². The molecule has 0 bridgehead atoms. The lowest BCUT2D eigenvalue weighted by Gasteiger charge is -2.11. The van der Waals surface area contributed by atoms with Gasteiger partial charge < -0.3 is 19.2 Å². The van der Waals surface area contributed by atoms with Crippen LogP contribution in [-0.4, -0.2) is 36.1 Å². The van der Waals surface area contributed by atoms with Crippen LogP contribution >= 0.6 is 11.6 Å². The quantitative estimate of drug-likeness (QED) is 0.216. The highest BCUT2D eigenvalue weighted by Gasteiger charge is 2.17. The number of hydrogen-bond acceptors (Lipinski definition) is 4. The second-order valence-corrected chi connectivity index (χ2v) is 9.60. The van der Waals surface area contributed by atoms with E-state index in [-0.39, 0.29) is 5.91 Å². The molecular formula is C32H30ClN3O3. The number of benzene rings is 3. The van der Waals surface area contributed by atoms with Gasteiger partial charge in [0.2, 0.25) is 5.91 Å². The molecule has 0 aliphatic heterocycles. The number of aryl methyl sites for hydroxylation is 1. The number of ether oxygens (including phenoxy) is 2. The second kappa shape index (κ2) is 12.0. The first-order chi connectivity index (χ1) is 19.1. The van der Waals surface area contributed by atoms with E-state index < -0.39 is 0 Å². The maximum Gasteiger partial charge on any atom is 0.220 e. The normalized spacial score (nSPS) is 10.9. The smallest absolute Gasteiger partial charge is 0.220 e. The van der Waals surface area contributed by atoms with Crippen molar-refractivity contribution < 1.29 is 14.3 Å². The molecule has 198 valence electrons. The van der Waals surface area contributed by atoms with Crippen LogP contribution in [0.4, 0.5) is 0 Å². The lowest BCUT2D eigenvalue weighted by molar-refractivity contribution is -0.121. The fourth-order valence-corrected chi connectivity index (χ4v) is 4.96. The first-order valence-electron chi connectivity index (χ1n) is 12.9. The molecule has 0 aliphatic carbocycles. The first kappa shape index (κ1) is 26.3. The van der Waals surface area contributed by atoms with E-state index in [0.29, 0.717) is 42.3 Å². The number of fused-ring (bicyclic) bond motifs is 1. The first-order valence-corrected chi connectivity index (χ1v) is 13.2. The van der Waals surface area contributed by atoms with Crippen LogP contribution in [0, 0.1) is 0 Å². The van der Waals surface area contributed by atoms with Gasteiger partial charge >= 0.3 is 0 Å². The second-order valence-electron chi connectivity index (χ2n) is 9.19. The Balaban J connectivity index is 1.34. The van der Waals surface area contributed by atoms with E-state index in [2.05, 4.69) is 15.9 Å². The Morgan fingerprint density at radius 1 is 0.872 bits per heavy atom. The zero-order chi connectivity index (χ0) is 27.2. The van der Waals surface area contributed by atoms with Crippen molar-refractivity contribution in [2.45, 2.75) is 19.3 Å². The summed E-state index contributed by atoms with van der Waals surface area (Å²) in [5, 5.41) is 3.74. The third-order valence-corrected chi connectivity index (χ3v) is 7.05. The Bertz CT molecular complexity index is 1600. The van der Waals surface area contributed by atoms with Crippen molar-refractivity contribution in [2.75, 3.05) is 20.8 Å². The van der Waals surface area contributed by atoms with Crippen molar-refractivity contribution in [3.05, 3.63) is 107 Å². The summed E-state index contributed by atoms with van der Waals surface area (Å²) >= 11 is 6.49. The standard InChI is InChI=1S/C32H30ClN3O3/c1-38-28-15-12-22(20-29(28)39-2)18-19-34-31(37)17-14-27-32(23-8-4-3-5-9-23)35-30-16-13-24(21-36(27)30)25-10-6-7-11-26(25)33/h3-13,15-16,20-21H,14,17-19H2,1-2H3,(H,34,37). The average molecular weight is 540 g/mol. The van der Waals surface area contributed by atoms with E-state index in [0.717, 1.165) is 39.3 Å². The van der Waals surface area contributed by atoms with Gasteiger partial charge in [0, 0.05) is 35.3 Å². The number of pyridine rings is 1. The Morgan fingerprint density at radius 3 is 2.41 bits per heavy atom. The number of halogens is 1. The molecule has 0 unspecified atom stereocenters. The molecule has 5 aromatic rings. The molecule has 6 nitrogen and oxygen atoms in total. The molecule has 0 aliphatic rings. The molecule has 39 heavy (non-hydrogen) atoms. The molecule has 0 saturated carbocycles. The number of amides is 1. The Morgan fingerprint density at radius 2 is 1.64 bits per heavy atom. The predicted molar refractivity (Wildman–Crippen MR) is 156 cm³/mol. The fraction of sp³-hybridized carbons (Fsp3) is 0.188. The van der Waals surface area contributed by atoms with Gasteiger partial charge in [-0.2, -0.15) is 0 Å². The van der Waals surface area contributed by atoms with Gasteiger partial charge in [-0.1, -0.05) is 66.2 Å². The van der Waals surface area contributed by atoms with Crippen molar-refractivity contribution in [3.63, 3.8) is 0 Å². The Hall–Kier alpha value is -4.29. The number of imidazole rings is 1. The van der Waals surface area contributed by atoms with Crippen LogP contribution in [0.3, 0.4) is 0 Å². The minimum absolute atomic E-state index is 0.00769. The number of methoxy groups -OCH3 is 2. The molecular weight excluding hydrogens is 510 g/mol. The molecule has 0 fully saturated rings. The molecule has 5 rings (SSSR count). The number of rotatable bonds is 10. The molecule has 7 heteroatoms. The average Bonchev–Trinajstić information content (AvgIpc) is 3.34. The lowest BCUT2D eigenvalue weighted by Crippen LogP contribution is -2.26. The monoisotopic (exact) mass is 539 g/mol. The van der Waals surface area contributed by atoms with E-state index >= 15 is 0 Å². The van der Waals surface area contributed by atoms with Crippen LogP contribution in [0.1, 0.15) is 17.7 Å². The topological polar surface area (TPSA) is 64.9 Å². The van der Waals surface area contributed by atoms with Gasteiger partial charge in [0.25, 0.3) is 0 Å². The molecule has 0 saturated heterocycles. The molecule has 0 spiro atoms. The van der Waals surface area contributed by atoms with E-state index in [1.54, 1.807) is 14.2 Å². The van der Waals surface area contributed by atoms with Gasteiger partial charge in [0.1, 0.15) is 5.65 Å². The van der Waals surface area contributed by atoms with Crippen LogP contribution in [0.15, 0.2) is 91.1 Å². The molecule has 0 radical (unpaired) electrons. The third kappa shape index (κ3) is 5.91. The van der Waals surface area contributed by atoms with E-state index in [9.17, 15) is 4.79 Å². The van der Waals surface area contributed by atoms with Gasteiger partial charge in [0.05, 0.1) is 25.6 Å². The number of nitrogens with one attached hydrogen (secondary N) is 1. The molecule has 2 heterocycles. The lowest BCUT2D eigenvalue weighted by atomic mass is 10.1. The van der Waals surface area contributed by atoms with Gasteiger partial charge in [-0.15, -0.1) is 0 Å². The summed E-state index contributed by atoms with van der Waals surface area (Å²) in [4.78, 5) is 17.8. The maximum atomic E-state index is 12.9. The highest BCUT2D eigenvalue weighted by Crippen LogP contribution is 2.31. The van der Waals surface area contributed by atoms with Crippen molar-refractivity contribution in [3.8, 4) is 33.9 Å². The summed E-state index contributed by atoms with van der Waals surface area (Å²) in [5.41, 5.74) is 6.72. The highest BCUT2D eigenvalue weighted by molar-refractivity contribution is 6.33. The van der Waals surface area contributed by atoms with E-state index in [4.69, 9.17) is 26.1 Å². The minimum Gasteiger partial charge on any atom is -0.493 e. The zero-order valence-corrected chi connectivity index (χ0v) is 22.7. The number of carbonyl (C=O) groups is 1. The summed E-state index contributed by atoms with van der Waals surface area (Å²) in [6, 6.07) is 27.7.